The zero-order valence-electron chi connectivity index (χ0n) is 11.6. The third kappa shape index (κ3) is 2.08. The van der Waals surface area contributed by atoms with Gasteiger partial charge in [-0.05, 0) is 38.8 Å². The number of amides is 1. The average molecular weight is 314 g/mol. The summed E-state index contributed by atoms with van der Waals surface area (Å²) in [4.78, 5) is 15.1. The van der Waals surface area contributed by atoms with Crippen molar-refractivity contribution in [1.29, 1.82) is 0 Å². The van der Waals surface area contributed by atoms with E-state index in [4.69, 9.17) is 0 Å². The number of hydrogen-bond donors (Lipinski definition) is 0. The van der Waals surface area contributed by atoms with Crippen molar-refractivity contribution in [2.24, 2.45) is 0 Å². The number of piperazine rings is 1. The standard InChI is InChI=1S/C13H18N2O3S2/c1-9-5-6-12(19-9)20(17,18)15-8-11-4-3-7-14(11)13(16)10(15)2/h5-6,10-11H,3-4,7-8H2,1-2H3/t10-,11-/m1/s1. The van der Waals surface area contributed by atoms with Gasteiger partial charge in [0.05, 0.1) is 0 Å². The molecule has 2 fully saturated rings. The Morgan fingerprint density at radius 1 is 1.35 bits per heavy atom. The number of sulfonamides is 1. The molecule has 0 unspecified atom stereocenters. The highest BCUT2D eigenvalue weighted by Crippen LogP contribution is 2.32. The Labute approximate surface area is 123 Å². The quantitative estimate of drug-likeness (QED) is 0.830. The molecule has 3 heterocycles. The molecule has 1 aromatic rings. The number of fused-ring (bicyclic) bond motifs is 1. The first-order valence-corrected chi connectivity index (χ1v) is 9.05. The lowest BCUT2D eigenvalue weighted by Gasteiger charge is -2.40. The minimum absolute atomic E-state index is 0.0505. The van der Waals surface area contributed by atoms with Gasteiger partial charge in [0.25, 0.3) is 10.0 Å². The molecule has 0 saturated carbocycles. The molecule has 20 heavy (non-hydrogen) atoms. The predicted molar refractivity (Wildman–Crippen MR) is 77.1 cm³/mol. The molecule has 3 rings (SSSR count). The van der Waals surface area contributed by atoms with Crippen molar-refractivity contribution in [2.75, 3.05) is 13.1 Å². The monoisotopic (exact) mass is 314 g/mol. The van der Waals surface area contributed by atoms with E-state index in [0.717, 1.165) is 24.3 Å². The van der Waals surface area contributed by atoms with Crippen LogP contribution in [0.25, 0.3) is 0 Å². The van der Waals surface area contributed by atoms with Crippen molar-refractivity contribution in [3.8, 4) is 0 Å². The second-order valence-electron chi connectivity index (χ2n) is 5.44. The van der Waals surface area contributed by atoms with Crippen LogP contribution in [0.15, 0.2) is 16.3 Å². The molecule has 2 saturated heterocycles. The summed E-state index contributed by atoms with van der Waals surface area (Å²) in [5, 5.41) is 0. The molecule has 5 nitrogen and oxygen atoms in total. The molecule has 1 aromatic heterocycles. The normalized spacial score (nSPS) is 27.9. The van der Waals surface area contributed by atoms with E-state index in [1.807, 2.05) is 11.8 Å². The van der Waals surface area contributed by atoms with Gasteiger partial charge in [0, 0.05) is 24.0 Å². The molecule has 1 amide bonds. The van der Waals surface area contributed by atoms with Crippen molar-refractivity contribution in [1.82, 2.24) is 9.21 Å². The van der Waals surface area contributed by atoms with E-state index in [1.165, 1.54) is 15.6 Å². The first-order valence-electron chi connectivity index (χ1n) is 6.80. The summed E-state index contributed by atoms with van der Waals surface area (Å²) in [7, 11) is -3.56. The Hall–Kier alpha value is -0.920. The molecule has 110 valence electrons. The van der Waals surface area contributed by atoms with E-state index >= 15 is 0 Å². The van der Waals surface area contributed by atoms with Gasteiger partial charge in [-0.1, -0.05) is 0 Å². The lowest BCUT2D eigenvalue weighted by Crippen LogP contribution is -2.59. The summed E-state index contributed by atoms with van der Waals surface area (Å²) in [5.74, 6) is -0.0596. The van der Waals surface area contributed by atoms with E-state index in [1.54, 1.807) is 19.1 Å². The van der Waals surface area contributed by atoms with Crippen molar-refractivity contribution < 1.29 is 13.2 Å². The van der Waals surface area contributed by atoms with Crippen LogP contribution in [0.3, 0.4) is 0 Å². The average Bonchev–Trinajstić information content (AvgIpc) is 3.02. The first-order chi connectivity index (χ1) is 9.41. The molecule has 0 radical (unpaired) electrons. The number of nitrogens with zero attached hydrogens (tertiary/aromatic N) is 2. The zero-order chi connectivity index (χ0) is 14.5. The van der Waals surface area contributed by atoms with Gasteiger partial charge < -0.3 is 4.90 Å². The fourth-order valence-electron chi connectivity index (χ4n) is 3.02. The van der Waals surface area contributed by atoms with Crippen LogP contribution in [0.1, 0.15) is 24.6 Å². The lowest BCUT2D eigenvalue weighted by molar-refractivity contribution is -0.139. The number of carbonyl (C=O) groups excluding carboxylic acids is 1. The Morgan fingerprint density at radius 2 is 2.10 bits per heavy atom. The van der Waals surface area contributed by atoms with Gasteiger partial charge in [-0.3, -0.25) is 4.79 Å². The second kappa shape index (κ2) is 4.82. The van der Waals surface area contributed by atoms with E-state index in [9.17, 15) is 13.2 Å². The highest BCUT2D eigenvalue weighted by Gasteiger charge is 2.45. The molecule has 0 bridgehead atoms. The molecule has 0 aliphatic carbocycles. The molecule has 0 spiro atoms. The molecular weight excluding hydrogens is 296 g/mol. The van der Waals surface area contributed by atoms with E-state index in [2.05, 4.69) is 0 Å². The SMILES string of the molecule is Cc1ccc(S(=O)(=O)N2C[C@H]3CCCN3C(=O)[C@H]2C)s1. The maximum Gasteiger partial charge on any atom is 0.253 e. The predicted octanol–water partition coefficient (Wildman–Crippen LogP) is 1.44. The van der Waals surface area contributed by atoms with Crippen LogP contribution in [0.2, 0.25) is 0 Å². The third-order valence-electron chi connectivity index (χ3n) is 4.12. The third-order valence-corrected chi connectivity index (χ3v) is 7.52. The summed E-state index contributed by atoms with van der Waals surface area (Å²) in [6, 6.07) is 2.88. The summed E-state index contributed by atoms with van der Waals surface area (Å²) in [6.07, 6.45) is 1.86. The van der Waals surface area contributed by atoms with Crippen molar-refractivity contribution in [3.63, 3.8) is 0 Å². The van der Waals surface area contributed by atoms with Gasteiger partial charge in [-0.25, -0.2) is 8.42 Å². The number of carbonyl (C=O) groups is 1. The highest BCUT2D eigenvalue weighted by atomic mass is 32.2. The van der Waals surface area contributed by atoms with Crippen molar-refractivity contribution in [2.45, 2.75) is 43.0 Å². The summed E-state index contributed by atoms with van der Waals surface area (Å²) < 4.78 is 27.1. The topological polar surface area (TPSA) is 57.7 Å². The van der Waals surface area contributed by atoms with Crippen LogP contribution in [-0.4, -0.2) is 48.7 Å². The molecule has 7 heteroatoms. The van der Waals surface area contributed by atoms with Gasteiger partial charge in [0.15, 0.2) is 0 Å². The fourth-order valence-corrected chi connectivity index (χ4v) is 6.06. The number of hydrogen-bond acceptors (Lipinski definition) is 4. The largest absolute Gasteiger partial charge is 0.337 e. The molecular formula is C13H18N2O3S2. The van der Waals surface area contributed by atoms with Crippen LogP contribution < -0.4 is 0 Å². The van der Waals surface area contributed by atoms with Crippen molar-refractivity contribution in [3.05, 3.63) is 17.0 Å². The van der Waals surface area contributed by atoms with Gasteiger partial charge in [-0.15, -0.1) is 11.3 Å². The van der Waals surface area contributed by atoms with E-state index in [-0.39, 0.29) is 11.9 Å². The minimum Gasteiger partial charge on any atom is -0.337 e. The summed E-state index contributed by atoms with van der Waals surface area (Å²) in [5.41, 5.74) is 0. The highest BCUT2D eigenvalue weighted by molar-refractivity contribution is 7.91. The molecule has 0 N–H and O–H groups in total. The number of rotatable bonds is 2. The first kappa shape index (κ1) is 14.0. The Bertz CT molecular complexity index is 638. The molecule has 2 atom stereocenters. The Kier molecular flexibility index (Phi) is 3.38. The van der Waals surface area contributed by atoms with Crippen LogP contribution >= 0.6 is 11.3 Å². The maximum absolute atomic E-state index is 12.7. The molecule has 2 aliphatic rings. The van der Waals surface area contributed by atoms with Gasteiger partial charge >= 0.3 is 0 Å². The van der Waals surface area contributed by atoms with Gasteiger partial charge in [-0.2, -0.15) is 4.31 Å². The summed E-state index contributed by atoms with van der Waals surface area (Å²) in [6.45, 7) is 4.76. The lowest BCUT2D eigenvalue weighted by atomic mass is 10.1. The second-order valence-corrected chi connectivity index (χ2v) is 8.85. The maximum atomic E-state index is 12.7. The fraction of sp³-hybridized carbons (Fsp3) is 0.615. The van der Waals surface area contributed by atoms with Gasteiger partial charge in [0.1, 0.15) is 10.3 Å². The van der Waals surface area contributed by atoms with Crippen molar-refractivity contribution >= 4 is 27.3 Å². The summed E-state index contributed by atoms with van der Waals surface area (Å²) >= 11 is 1.26. The van der Waals surface area contributed by atoms with E-state index in [0.29, 0.717) is 10.8 Å². The smallest absolute Gasteiger partial charge is 0.253 e. The van der Waals surface area contributed by atoms with Crippen LogP contribution in [0.5, 0.6) is 0 Å². The van der Waals surface area contributed by atoms with Gasteiger partial charge in [0.2, 0.25) is 5.91 Å². The van der Waals surface area contributed by atoms with Crippen LogP contribution in [0.4, 0.5) is 0 Å². The molecule has 0 aromatic carbocycles. The van der Waals surface area contributed by atoms with Crippen LogP contribution in [-0.2, 0) is 14.8 Å². The minimum atomic E-state index is -3.56. The zero-order valence-corrected chi connectivity index (χ0v) is 13.2. The number of thiophene rings is 1. The van der Waals surface area contributed by atoms with E-state index < -0.39 is 16.1 Å². The molecule has 2 aliphatic heterocycles. The Balaban J connectivity index is 1.95. The number of aryl methyl sites for hydroxylation is 1. The Morgan fingerprint density at radius 3 is 2.75 bits per heavy atom. The van der Waals surface area contributed by atoms with Crippen LogP contribution in [0, 0.1) is 6.92 Å².